The predicted octanol–water partition coefficient (Wildman–Crippen LogP) is 2.21. The third-order valence-corrected chi connectivity index (χ3v) is 5.39. The fraction of sp³-hybridized carbons (Fsp3) is 0.545. The fourth-order valence-corrected chi connectivity index (χ4v) is 4.24. The molecule has 1 aliphatic rings. The first-order chi connectivity index (χ1) is 8.85. The van der Waals surface area contributed by atoms with Crippen molar-refractivity contribution in [2.24, 2.45) is 5.92 Å². The summed E-state index contributed by atoms with van der Waals surface area (Å²) in [5, 5.41) is 8.76. The Bertz CT molecular complexity index is 594. The number of hydrogen-bond donors (Lipinski definition) is 2. The molecule has 19 heavy (non-hydrogen) atoms. The van der Waals surface area contributed by atoms with Gasteiger partial charge in [-0.15, -0.1) is 0 Å². The Morgan fingerprint density at radius 2 is 2.32 bits per heavy atom. The molecule has 2 unspecified atom stereocenters. The summed E-state index contributed by atoms with van der Waals surface area (Å²) in [5.74, 6) is -1.34. The van der Waals surface area contributed by atoms with Crippen molar-refractivity contribution < 1.29 is 22.7 Å². The van der Waals surface area contributed by atoms with Gasteiger partial charge in [-0.3, -0.25) is 0 Å². The number of aromatic carboxylic acids is 1. The molecular formula is C11H14BrNO5S. The first-order valence-corrected chi connectivity index (χ1v) is 8.17. The van der Waals surface area contributed by atoms with Gasteiger partial charge in [0.25, 0.3) is 0 Å². The molecule has 0 aliphatic heterocycles. The first-order valence-electron chi connectivity index (χ1n) is 5.90. The summed E-state index contributed by atoms with van der Waals surface area (Å²) < 4.78 is 31.5. The van der Waals surface area contributed by atoms with Crippen LogP contribution in [0.15, 0.2) is 20.0 Å². The maximum absolute atomic E-state index is 12.1. The highest BCUT2D eigenvalue weighted by Gasteiger charge is 2.40. The number of halogens is 1. The Morgan fingerprint density at radius 3 is 2.84 bits per heavy atom. The Kier molecular flexibility index (Phi) is 4.03. The zero-order valence-electron chi connectivity index (χ0n) is 10.2. The van der Waals surface area contributed by atoms with Crippen LogP contribution in [-0.4, -0.2) is 25.5 Å². The summed E-state index contributed by atoms with van der Waals surface area (Å²) >= 11 is 2.93. The van der Waals surface area contributed by atoms with E-state index in [0.29, 0.717) is 5.92 Å². The number of carbonyl (C=O) groups is 1. The SMILES string of the molecule is CCCC1CC1NS(=O)(=O)c1cc(C(=O)O)oc1Br. The summed E-state index contributed by atoms with van der Waals surface area (Å²) in [7, 11) is -3.75. The second-order valence-electron chi connectivity index (χ2n) is 4.57. The molecule has 1 fully saturated rings. The number of sulfonamides is 1. The Balaban J connectivity index is 2.14. The van der Waals surface area contributed by atoms with Crippen molar-refractivity contribution >= 4 is 31.9 Å². The van der Waals surface area contributed by atoms with Crippen molar-refractivity contribution in [3.05, 3.63) is 16.5 Å². The fourth-order valence-electron chi connectivity index (χ4n) is 1.99. The molecule has 2 rings (SSSR count). The zero-order valence-corrected chi connectivity index (χ0v) is 12.6. The van der Waals surface area contributed by atoms with Gasteiger partial charge in [0.2, 0.25) is 15.8 Å². The van der Waals surface area contributed by atoms with E-state index in [0.717, 1.165) is 25.3 Å². The Morgan fingerprint density at radius 1 is 1.63 bits per heavy atom. The van der Waals surface area contributed by atoms with Crippen LogP contribution >= 0.6 is 15.9 Å². The standard InChI is InChI=1S/C11H14BrNO5S/c1-2-3-6-4-7(6)13-19(16,17)9-5-8(11(14)15)18-10(9)12/h5-7,13H,2-4H2,1H3,(H,14,15). The third kappa shape index (κ3) is 3.18. The quantitative estimate of drug-likeness (QED) is 0.818. The van der Waals surface area contributed by atoms with Crippen LogP contribution in [0.1, 0.15) is 36.7 Å². The van der Waals surface area contributed by atoms with E-state index >= 15 is 0 Å². The smallest absolute Gasteiger partial charge is 0.371 e. The average molecular weight is 352 g/mol. The monoisotopic (exact) mass is 351 g/mol. The van der Waals surface area contributed by atoms with Crippen molar-refractivity contribution in [2.45, 2.75) is 37.1 Å². The van der Waals surface area contributed by atoms with Crippen LogP contribution in [-0.2, 0) is 10.0 Å². The van der Waals surface area contributed by atoms with E-state index in [1.807, 2.05) is 0 Å². The van der Waals surface area contributed by atoms with Crippen LogP contribution in [0.3, 0.4) is 0 Å². The van der Waals surface area contributed by atoms with Gasteiger partial charge < -0.3 is 9.52 Å². The number of furan rings is 1. The molecule has 8 heteroatoms. The zero-order chi connectivity index (χ0) is 14.2. The van der Waals surface area contributed by atoms with Gasteiger partial charge in [-0.1, -0.05) is 13.3 Å². The molecule has 0 aromatic carbocycles. The van der Waals surface area contributed by atoms with Gasteiger partial charge in [0.05, 0.1) is 0 Å². The summed E-state index contributed by atoms with van der Waals surface area (Å²) in [4.78, 5) is 10.6. The molecular weight excluding hydrogens is 338 g/mol. The van der Waals surface area contributed by atoms with Crippen LogP contribution in [0, 0.1) is 5.92 Å². The second kappa shape index (κ2) is 5.26. The van der Waals surface area contributed by atoms with Gasteiger partial charge >= 0.3 is 5.97 Å². The minimum atomic E-state index is -3.75. The van der Waals surface area contributed by atoms with E-state index in [9.17, 15) is 13.2 Å². The molecule has 106 valence electrons. The molecule has 6 nitrogen and oxygen atoms in total. The molecule has 2 N–H and O–H groups in total. The van der Waals surface area contributed by atoms with Crippen LogP contribution in [0.4, 0.5) is 0 Å². The van der Waals surface area contributed by atoms with E-state index < -0.39 is 21.8 Å². The summed E-state index contributed by atoms with van der Waals surface area (Å²) in [5.41, 5.74) is 0. The number of rotatable bonds is 6. The first kappa shape index (κ1) is 14.5. The summed E-state index contributed by atoms with van der Waals surface area (Å²) in [6.45, 7) is 2.05. The maximum Gasteiger partial charge on any atom is 0.371 e. The van der Waals surface area contributed by atoms with Crippen molar-refractivity contribution in [1.82, 2.24) is 4.72 Å². The van der Waals surface area contributed by atoms with Crippen molar-refractivity contribution in [1.29, 1.82) is 0 Å². The molecule has 0 spiro atoms. The molecule has 2 atom stereocenters. The number of hydrogen-bond acceptors (Lipinski definition) is 4. The van der Waals surface area contributed by atoms with E-state index in [4.69, 9.17) is 9.52 Å². The van der Waals surface area contributed by atoms with Gasteiger partial charge in [0, 0.05) is 12.1 Å². The van der Waals surface area contributed by atoms with Gasteiger partial charge in [-0.05, 0) is 34.7 Å². The maximum atomic E-state index is 12.1. The van der Waals surface area contributed by atoms with Gasteiger partial charge in [0.1, 0.15) is 4.90 Å². The minimum Gasteiger partial charge on any atom is -0.475 e. The molecule has 0 saturated heterocycles. The number of carboxylic acids is 1. The van der Waals surface area contributed by atoms with Gasteiger partial charge in [0.15, 0.2) is 4.67 Å². The highest BCUT2D eigenvalue weighted by atomic mass is 79.9. The largest absolute Gasteiger partial charge is 0.475 e. The van der Waals surface area contributed by atoms with Crippen LogP contribution in [0.5, 0.6) is 0 Å². The topological polar surface area (TPSA) is 96.6 Å². The van der Waals surface area contributed by atoms with Gasteiger partial charge in [-0.2, -0.15) is 0 Å². The molecule has 1 saturated carbocycles. The van der Waals surface area contributed by atoms with Crippen molar-refractivity contribution in [3.63, 3.8) is 0 Å². The summed E-state index contributed by atoms with van der Waals surface area (Å²) in [6, 6.07) is 0.950. The lowest BCUT2D eigenvalue weighted by Crippen LogP contribution is -2.27. The third-order valence-electron chi connectivity index (χ3n) is 3.04. The lowest BCUT2D eigenvalue weighted by atomic mass is 10.2. The van der Waals surface area contributed by atoms with Crippen LogP contribution < -0.4 is 4.72 Å². The van der Waals surface area contributed by atoms with Gasteiger partial charge in [-0.25, -0.2) is 17.9 Å². The highest BCUT2D eigenvalue weighted by molar-refractivity contribution is 9.10. The Hall–Kier alpha value is -0.860. The van der Waals surface area contributed by atoms with Crippen molar-refractivity contribution in [3.8, 4) is 0 Å². The number of nitrogens with one attached hydrogen (secondary N) is 1. The Labute approximate surface area is 119 Å². The lowest BCUT2D eigenvalue weighted by molar-refractivity contribution is 0.0661. The second-order valence-corrected chi connectivity index (χ2v) is 6.97. The number of carboxylic acid groups (broad SMARTS) is 1. The highest BCUT2D eigenvalue weighted by Crippen LogP contribution is 2.36. The van der Waals surface area contributed by atoms with Crippen molar-refractivity contribution in [2.75, 3.05) is 0 Å². The van der Waals surface area contributed by atoms with Crippen LogP contribution in [0.2, 0.25) is 0 Å². The van der Waals surface area contributed by atoms with E-state index in [2.05, 4.69) is 27.6 Å². The van der Waals surface area contributed by atoms with E-state index in [1.54, 1.807) is 0 Å². The average Bonchev–Trinajstić information content (AvgIpc) is 2.87. The van der Waals surface area contributed by atoms with E-state index in [-0.39, 0.29) is 15.6 Å². The molecule has 0 amide bonds. The minimum absolute atomic E-state index is 0.0555. The molecule has 1 aliphatic carbocycles. The molecule has 1 aromatic heterocycles. The molecule has 1 aromatic rings. The van der Waals surface area contributed by atoms with E-state index in [1.165, 1.54) is 0 Å². The lowest BCUT2D eigenvalue weighted by Gasteiger charge is -2.04. The molecule has 1 heterocycles. The molecule has 0 bridgehead atoms. The molecule has 0 radical (unpaired) electrons. The van der Waals surface area contributed by atoms with Crippen LogP contribution in [0.25, 0.3) is 0 Å². The normalized spacial score (nSPS) is 22.4. The predicted molar refractivity (Wildman–Crippen MR) is 70.5 cm³/mol. The summed E-state index contributed by atoms with van der Waals surface area (Å²) in [6.07, 6.45) is 2.83.